The number of oxazole rings is 1. The van der Waals surface area contributed by atoms with Crippen molar-refractivity contribution in [3.63, 3.8) is 0 Å². The van der Waals surface area contributed by atoms with Crippen LogP contribution in [0.1, 0.15) is 16.7 Å². The second-order valence-electron chi connectivity index (χ2n) is 6.51. The Kier molecular flexibility index (Phi) is 5.25. The van der Waals surface area contributed by atoms with Gasteiger partial charge in [0.25, 0.3) is 0 Å². The van der Waals surface area contributed by atoms with E-state index >= 15 is 0 Å². The van der Waals surface area contributed by atoms with Crippen LogP contribution >= 0.6 is 38.5 Å². The number of hydrogen-bond acceptors (Lipinski definition) is 4. The predicted molar refractivity (Wildman–Crippen MR) is 125 cm³/mol. The largest absolute Gasteiger partial charge is 0.506 e. The number of rotatable bonds is 3. The molecule has 4 aromatic rings. The molecule has 4 nitrogen and oxygen atoms in total. The second kappa shape index (κ2) is 7.67. The Balaban J connectivity index is 1.68. The van der Waals surface area contributed by atoms with Crippen molar-refractivity contribution >= 4 is 61.5 Å². The maximum atomic E-state index is 10.3. The number of phenolic OH excluding ortho intramolecular Hbond substituents is 1. The average Bonchev–Trinajstić information content (AvgIpc) is 3.11. The van der Waals surface area contributed by atoms with Crippen LogP contribution in [0.5, 0.6) is 5.75 Å². The van der Waals surface area contributed by atoms with Crippen LogP contribution in [0.3, 0.4) is 0 Å². The molecule has 0 aliphatic rings. The summed E-state index contributed by atoms with van der Waals surface area (Å²) < 4.78 is 7.70. The molecule has 0 bridgehead atoms. The molecule has 0 saturated carbocycles. The van der Waals surface area contributed by atoms with E-state index in [9.17, 15) is 5.11 Å². The van der Waals surface area contributed by atoms with Gasteiger partial charge in [-0.25, -0.2) is 4.98 Å². The molecule has 0 unspecified atom stereocenters. The van der Waals surface area contributed by atoms with Crippen molar-refractivity contribution in [3.8, 4) is 17.2 Å². The van der Waals surface area contributed by atoms with Crippen molar-refractivity contribution in [2.24, 2.45) is 4.99 Å². The number of fused-ring (bicyclic) bond motifs is 1. The van der Waals surface area contributed by atoms with Crippen LogP contribution in [0.15, 0.2) is 62.4 Å². The Labute approximate surface area is 184 Å². The summed E-state index contributed by atoms with van der Waals surface area (Å²) in [6.07, 6.45) is 1.66. The molecule has 0 saturated heterocycles. The minimum atomic E-state index is 0.190. The van der Waals surface area contributed by atoms with Gasteiger partial charge in [0.15, 0.2) is 5.58 Å². The Morgan fingerprint density at radius 3 is 2.75 bits per heavy atom. The highest BCUT2D eigenvalue weighted by atomic mass is 127. The molecule has 0 atom stereocenters. The van der Waals surface area contributed by atoms with Gasteiger partial charge in [0.1, 0.15) is 11.3 Å². The first kappa shape index (κ1) is 19.1. The maximum absolute atomic E-state index is 10.3. The van der Waals surface area contributed by atoms with Crippen LogP contribution in [0.4, 0.5) is 5.69 Å². The fourth-order valence-electron chi connectivity index (χ4n) is 2.87. The van der Waals surface area contributed by atoms with Gasteiger partial charge in [0, 0.05) is 20.9 Å². The van der Waals surface area contributed by atoms with Crippen LogP contribution in [-0.2, 0) is 0 Å². The molecule has 4 rings (SSSR count). The number of hydrogen-bond donors (Lipinski definition) is 1. The molecule has 0 amide bonds. The molecule has 1 heterocycles. The highest BCUT2D eigenvalue weighted by molar-refractivity contribution is 14.1. The lowest BCUT2D eigenvalue weighted by atomic mass is 10.1. The zero-order valence-corrected chi connectivity index (χ0v) is 18.9. The summed E-state index contributed by atoms with van der Waals surface area (Å²) in [7, 11) is 0. The van der Waals surface area contributed by atoms with Crippen molar-refractivity contribution in [1.29, 1.82) is 0 Å². The number of benzene rings is 3. The van der Waals surface area contributed by atoms with Crippen LogP contribution in [0, 0.1) is 17.4 Å². The number of aromatic nitrogens is 1. The summed E-state index contributed by atoms with van der Waals surface area (Å²) in [5.41, 5.74) is 5.90. The number of aliphatic imine (C=N–C) groups is 1. The molecule has 0 spiro atoms. The van der Waals surface area contributed by atoms with Gasteiger partial charge in [-0.3, -0.25) is 4.99 Å². The van der Waals surface area contributed by atoms with E-state index in [1.165, 1.54) is 0 Å². The summed E-state index contributed by atoms with van der Waals surface area (Å²) >= 11 is 5.70. The zero-order valence-electron chi connectivity index (χ0n) is 15.2. The average molecular weight is 547 g/mol. The molecule has 28 heavy (non-hydrogen) atoms. The van der Waals surface area contributed by atoms with E-state index in [2.05, 4.69) is 48.5 Å². The van der Waals surface area contributed by atoms with Gasteiger partial charge in [0.2, 0.25) is 5.89 Å². The Bertz CT molecular complexity index is 1230. The monoisotopic (exact) mass is 546 g/mol. The third kappa shape index (κ3) is 3.71. The number of phenols is 1. The smallest absolute Gasteiger partial charge is 0.227 e. The lowest BCUT2D eigenvalue weighted by molar-refractivity contribution is 0.470. The minimum Gasteiger partial charge on any atom is -0.506 e. The summed E-state index contributed by atoms with van der Waals surface area (Å²) in [5, 5.41) is 10.3. The quantitative estimate of drug-likeness (QED) is 0.224. The topological polar surface area (TPSA) is 58.6 Å². The fourth-order valence-corrected chi connectivity index (χ4v) is 3.96. The van der Waals surface area contributed by atoms with Crippen molar-refractivity contribution in [2.45, 2.75) is 13.8 Å². The lowest BCUT2D eigenvalue weighted by Gasteiger charge is -2.08. The summed E-state index contributed by atoms with van der Waals surface area (Å²) in [6.45, 7) is 3.97. The first-order chi connectivity index (χ1) is 13.4. The highest BCUT2D eigenvalue weighted by Gasteiger charge is 2.11. The lowest BCUT2D eigenvalue weighted by Crippen LogP contribution is -1.90. The first-order valence-corrected chi connectivity index (χ1v) is 10.5. The van der Waals surface area contributed by atoms with Gasteiger partial charge in [-0.2, -0.15) is 0 Å². The third-order valence-electron chi connectivity index (χ3n) is 4.57. The molecular weight excluding hydrogens is 531 g/mol. The Hall–Kier alpha value is -2.19. The van der Waals surface area contributed by atoms with Crippen molar-refractivity contribution in [1.82, 2.24) is 4.98 Å². The molecule has 1 aromatic heterocycles. The molecule has 140 valence electrons. The van der Waals surface area contributed by atoms with Gasteiger partial charge in [0.05, 0.1) is 10.2 Å². The maximum Gasteiger partial charge on any atom is 0.227 e. The van der Waals surface area contributed by atoms with Crippen molar-refractivity contribution in [2.75, 3.05) is 0 Å². The van der Waals surface area contributed by atoms with E-state index in [0.717, 1.165) is 31.5 Å². The molecule has 0 aliphatic heterocycles. The van der Waals surface area contributed by atoms with Gasteiger partial charge in [-0.05, 0) is 106 Å². The fraction of sp³-hybridized carbons (Fsp3) is 0.0909. The van der Waals surface area contributed by atoms with Gasteiger partial charge in [-0.1, -0.05) is 6.07 Å². The molecule has 3 aromatic carbocycles. The van der Waals surface area contributed by atoms with Crippen LogP contribution in [0.2, 0.25) is 0 Å². The third-order valence-corrected chi connectivity index (χ3v) is 6.21. The van der Waals surface area contributed by atoms with E-state index in [1.54, 1.807) is 6.21 Å². The van der Waals surface area contributed by atoms with Crippen LogP contribution in [0.25, 0.3) is 22.6 Å². The summed E-state index contributed by atoms with van der Waals surface area (Å²) in [5.74, 6) is 0.778. The van der Waals surface area contributed by atoms with Crippen LogP contribution < -0.4 is 0 Å². The zero-order chi connectivity index (χ0) is 19.8. The predicted octanol–water partition coefficient (Wildman–Crippen LogP) is 6.93. The molecule has 6 heteroatoms. The Morgan fingerprint density at radius 1 is 1.14 bits per heavy atom. The van der Waals surface area contributed by atoms with E-state index in [4.69, 9.17) is 4.42 Å². The molecule has 0 radical (unpaired) electrons. The Morgan fingerprint density at radius 2 is 1.96 bits per heavy atom. The molecule has 0 aliphatic carbocycles. The molecule has 0 fully saturated rings. The van der Waals surface area contributed by atoms with E-state index in [1.807, 2.05) is 62.4 Å². The standard InChI is InChI=1S/C22H16BrIN2O2/c1-12-8-15(21(27)20(23)13(12)2)11-25-17-6-7-19-18(10-17)26-22(28-19)14-4-3-5-16(24)9-14/h3-11,27H,1-2H3. The second-order valence-corrected chi connectivity index (χ2v) is 8.55. The van der Waals surface area contributed by atoms with Gasteiger partial charge >= 0.3 is 0 Å². The summed E-state index contributed by atoms with van der Waals surface area (Å²) in [4.78, 5) is 9.10. The van der Waals surface area contributed by atoms with Crippen LogP contribution in [-0.4, -0.2) is 16.3 Å². The highest BCUT2D eigenvalue weighted by Crippen LogP contribution is 2.33. The molecule has 1 N–H and O–H groups in total. The molecular formula is C22H16BrIN2O2. The number of aryl methyl sites for hydroxylation is 1. The number of halogens is 2. The van der Waals surface area contributed by atoms with Gasteiger partial charge < -0.3 is 9.52 Å². The summed E-state index contributed by atoms with van der Waals surface area (Å²) in [6, 6.07) is 15.5. The SMILES string of the molecule is Cc1cc(C=Nc2ccc3oc(-c4cccc(I)c4)nc3c2)c(O)c(Br)c1C. The van der Waals surface area contributed by atoms with E-state index < -0.39 is 0 Å². The van der Waals surface area contributed by atoms with Crippen molar-refractivity contribution in [3.05, 3.63) is 73.3 Å². The van der Waals surface area contributed by atoms with E-state index in [0.29, 0.717) is 21.5 Å². The van der Waals surface area contributed by atoms with E-state index in [-0.39, 0.29) is 5.75 Å². The number of nitrogens with zero attached hydrogens (tertiary/aromatic N) is 2. The number of aromatic hydroxyl groups is 1. The minimum absolute atomic E-state index is 0.190. The first-order valence-electron chi connectivity index (χ1n) is 8.61. The van der Waals surface area contributed by atoms with Crippen molar-refractivity contribution < 1.29 is 9.52 Å². The van der Waals surface area contributed by atoms with Gasteiger partial charge in [-0.15, -0.1) is 0 Å². The normalized spacial score (nSPS) is 11.6.